The van der Waals surface area contributed by atoms with E-state index in [0.29, 0.717) is 5.88 Å². The van der Waals surface area contributed by atoms with Gasteiger partial charge in [0, 0.05) is 12.3 Å². The van der Waals surface area contributed by atoms with Crippen LogP contribution in [0.2, 0.25) is 0 Å². The Balaban J connectivity index is 2.61. The van der Waals surface area contributed by atoms with Crippen molar-refractivity contribution in [2.24, 2.45) is 0 Å². The lowest BCUT2D eigenvalue weighted by molar-refractivity contribution is 0.314. The van der Waals surface area contributed by atoms with Crippen LogP contribution in [0.25, 0.3) is 0 Å². The predicted octanol–water partition coefficient (Wildman–Crippen LogP) is 0.501. The summed E-state index contributed by atoms with van der Waals surface area (Å²) in [7, 11) is 0. The molecule has 1 heterocycles. The van der Waals surface area contributed by atoms with Gasteiger partial charge in [-0.1, -0.05) is 11.8 Å². The Morgan fingerprint density at radius 1 is 1.21 bits per heavy atom. The first-order valence-electron chi connectivity index (χ1n) is 3.82. The van der Waals surface area contributed by atoms with Crippen molar-refractivity contribution >= 4 is 0 Å². The lowest BCUT2D eigenvalue weighted by Crippen LogP contribution is -2.01. The summed E-state index contributed by atoms with van der Waals surface area (Å²) in [5.41, 5.74) is 0. The van der Waals surface area contributed by atoms with Crippen LogP contribution in [0.4, 0.5) is 0 Å². The van der Waals surface area contributed by atoms with Crippen molar-refractivity contribution in [3.63, 3.8) is 0 Å². The number of ether oxygens (including phenoxy) is 2. The van der Waals surface area contributed by atoms with E-state index in [-0.39, 0.29) is 19.2 Å². The fraction of sp³-hybridized carbons (Fsp3) is 0.200. The number of terminal acetylenes is 2. The van der Waals surface area contributed by atoms with Gasteiger partial charge < -0.3 is 9.47 Å². The van der Waals surface area contributed by atoms with Crippen molar-refractivity contribution in [3.05, 3.63) is 12.3 Å². The molecule has 0 amide bonds. The first kappa shape index (κ1) is 9.88. The molecular weight excluding hydrogens is 180 g/mol. The molecule has 1 aromatic rings. The molecule has 0 unspecified atom stereocenters. The van der Waals surface area contributed by atoms with E-state index in [4.69, 9.17) is 22.3 Å². The van der Waals surface area contributed by atoms with Gasteiger partial charge in [0.25, 0.3) is 0 Å². The van der Waals surface area contributed by atoms with Crippen LogP contribution < -0.4 is 9.47 Å². The smallest absolute Gasteiger partial charge is 0.320 e. The average Bonchev–Trinajstić information content (AvgIpc) is 2.24. The van der Waals surface area contributed by atoms with Crippen LogP contribution in [-0.2, 0) is 0 Å². The molecule has 1 aromatic heterocycles. The van der Waals surface area contributed by atoms with Gasteiger partial charge in [-0.3, -0.25) is 0 Å². The van der Waals surface area contributed by atoms with E-state index in [9.17, 15) is 0 Å². The molecule has 14 heavy (non-hydrogen) atoms. The third-order valence-corrected chi connectivity index (χ3v) is 1.20. The summed E-state index contributed by atoms with van der Waals surface area (Å²) < 4.78 is 10.0. The van der Waals surface area contributed by atoms with Crippen LogP contribution in [0.15, 0.2) is 12.3 Å². The molecule has 0 bridgehead atoms. The van der Waals surface area contributed by atoms with Gasteiger partial charge in [-0.2, -0.15) is 4.98 Å². The summed E-state index contributed by atoms with van der Waals surface area (Å²) in [6, 6.07) is 1.76. The fourth-order valence-corrected chi connectivity index (χ4v) is 0.697. The minimum atomic E-state index is 0.124. The molecule has 0 aromatic carbocycles. The zero-order chi connectivity index (χ0) is 10.2. The highest BCUT2D eigenvalue weighted by atomic mass is 16.5. The molecule has 0 aliphatic carbocycles. The minimum absolute atomic E-state index is 0.124. The molecule has 0 aliphatic heterocycles. The molecule has 4 heteroatoms. The number of nitrogens with zero attached hydrogens (tertiary/aromatic N) is 2. The fourth-order valence-electron chi connectivity index (χ4n) is 0.697. The van der Waals surface area contributed by atoms with Crippen LogP contribution in [-0.4, -0.2) is 23.2 Å². The summed E-state index contributed by atoms with van der Waals surface area (Å²) in [4.78, 5) is 7.73. The zero-order valence-corrected chi connectivity index (χ0v) is 7.43. The molecule has 0 saturated carbocycles. The summed E-state index contributed by atoms with van der Waals surface area (Å²) in [5.74, 6) is 4.99. The Kier molecular flexibility index (Phi) is 3.85. The van der Waals surface area contributed by atoms with E-state index >= 15 is 0 Å². The van der Waals surface area contributed by atoms with Crippen LogP contribution in [0.5, 0.6) is 11.9 Å². The first-order chi connectivity index (χ1) is 6.86. The van der Waals surface area contributed by atoms with Gasteiger partial charge >= 0.3 is 6.01 Å². The molecule has 0 atom stereocenters. The van der Waals surface area contributed by atoms with Crippen LogP contribution in [0, 0.1) is 24.7 Å². The third-order valence-electron chi connectivity index (χ3n) is 1.20. The summed E-state index contributed by atoms with van der Waals surface area (Å²) in [6.45, 7) is 0.282. The van der Waals surface area contributed by atoms with Crippen LogP contribution >= 0.6 is 0 Å². The van der Waals surface area contributed by atoms with Crippen LogP contribution in [0.3, 0.4) is 0 Å². The summed E-state index contributed by atoms with van der Waals surface area (Å²) in [5, 5.41) is 0. The van der Waals surface area contributed by atoms with Gasteiger partial charge in [-0.05, 0) is 0 Å². The second-order valence-electron chi connectivity index (χ2n) is 2.16. The van der Waals surface area contributed by atoms with Gasteiger partial charge in [-0.25, -0.2) is 4.98 Å². The molecule has 0 radical (unpaired) electrons. The second kappa shape index (κ2) is 5.45. The molecule has 0 aliphatic rings. The van der Waals surface area contributed by atoms with E-state index < -0.39 is 0 Å². The van der Waals surface area contributed by atoms with Crippen molar-refractivity contribution in [1.29, 1.82) is 0 Å². The molecule has 0 fully saturated rings. The van der Waals surface area contributed by atoms with E-state index in [1.807, 2.05) is 0 Å². The Bertz CT molecular complexity index is 343. The van der Waals surface area contributed by atoms with E-state index in [1.54, 1.807) is 6.07 Å². The van der Waals surface area contributed by atoms with Crippen molar-refractivity contribution in [1.82, 2.24) is 9.97 Å². The molecule has 0 spiro atoms. The standard InChI is InChI=1S/C10H8N2O2/c1-3-7-13-9-5-6-11-10(12-9)14-8-4-2/h1-2,5-6H,7-8H2. The normalized spacial score (nSPS) is 8.43. The van der Waals surface area contributed by atoms with Gasteiger partial charge in [-0.15, -0.1) is 12.8 Å². The van der Waals surface area contributed by atoms with Gasteiger partial charge in [0.2, 0.25) is 5.88 Å². The summed E-state index contributed by atoms with van der Waals surface area (Å²) >= 11 is 0. The van der Waals surface area contributed by atoms with E-state index in [1.165, 1.54) is 6.20 Å². The SMILES string of the molecule is C#CCOc1ccnc(OCC#C)n1. The number of rotatable bonds is 4. The van der Waals surface area contributed by atoms with Crippen molar-refractivity contribution in [2.45, 2.75) is 0 Å². The highest BCUT2D eigenvalue weighted by molar-refractivity contribution is 5.12. The van der Waals surface area contributed by atoms with Crippen molar-refractivity contribution in [2.75, 3.05) is 13.2 Å². The summed E-state index contributed by atoms with van der Waals surface area (Å²) in [6.07, 6.45) is 11.5. The van der Waals surface area contributed by atoms with Gasteiger partial charge in [0.05, 0.1) is 0 Å². The second-order valence-corrected chi connectivity index (χ2v) is 2.16. The van der Waals surface area contributed by atoms with Gasteiger partial charge in [0.15, 0.2) is 13.2 Å². The molecule has 0 saturated heterocycles. The molecule has 4 nitrogen and oxygen atoms in total. The Labute approximate surface area is 82.3 Å². The zero-order valence-electron chi connectivity index (χ0n) is 7.43. The van der Waals surface area contributed by atoms with Gasteiger partial charge in [0.1, 0.15) is 0 Å². The maximum atomic E-state index is 5.06. The predicted molar refractivity (Wildman–Crippen MR) is 50.7 cm³/mol. The molecular formula is C10H8N2O2. The maximum Gasteiger partial charge on any atom is 0.320 e. The Morgan fingerprint density at radius 2 is 1.93 bits per heavy atom. The van der Waals surface area contributed by atoms with Crippen LogP contribution in [0.1, 0.15) is 0 Å². The quantitative estimate of drug-likeness (QED) is 0.645. The third kappa shape index (κ3) is 3.04. The maximum absolute atomic E-state index is 5.06. The van der Waals surface area contributed by atoms with Crippen molar-refractivity contribution in [3.8, 4) is 36.6 Å². The topological polar surface area (TPSA) is 44.2 Å². The average molecular weight is 188 g/mol. The molecule has 1 rings (SSSR count). The molecule has 0 N–H and O–H groups in total. The lowest BCUT2D eigenvalue weighted by Gasteiger charge is -2.02. The van der Waals surface area contributed by atoms with Crippen molar-refractivity contribution < 1.29 is 9.47 Å². The Morgan fingerprint density at radius 3 is 2.64 bits per heavy atom. The minimum Gasteiger partial charge on any atom is -0.464 e. The highest BCUT2D eigenvalue weighted by Crippen LogP contribution is 2.09. The van der Waals surface area contributed by atoms with E-state index in [2.05, 4.69) is 21.8 Å². The number of aromatic nitrogens is 2. The monoisotopic (exact) mass is 188 g/mol. The molecule has 70 valence electrons. The van der Waals surface area contributed by atoms with E-state index in [0.717, 1.165) is 0 Å². The highest BCUT2D eigenvalue weighted by Gasteiger charge is 1.99. The lowest BCUT2D eigenvalue weighted by atomic mass is 10.6. The number of hydrogen-bond acceptors (Lipinski definition) is 4. The first-order valence-corrected chi connectivity index (χ1v) is 3.82. The number of hydrogen-bond donors (Lipinski definition) is 0. The Hall–Kier alpha value is -2.20. The largest absolute Gasteiger partial charge is 0.464 e.